The fourth-order valence-corrected chi connectivity index (χ4v) is 3.70. The first kappa shape index (κ1) is 17.5. The van der Waals surface area contributed by atoms with Gasteiger partial charge in [0.1, 0.15) is 17.2 Å². The van der Waals surface area contributed by atoms with Crippen LogP contribution in [-0.2, 0) is 11.4 Å². The summed E-state index contributed by atoms with van der Waals surface area (Å²) >= 11 is 3.83. The monoisotopic (exact) mass is 379 g/mol. The Bertz CT molecular complexity index is 931. The van der Waals surface area contributed by atoms with Crippen molar-refractivity contribution in [3.05, 3.63) is 68.8 Å². The average Bonchev–Trinajstić information content (AvgIpc) is 2.59. The number of nitrogens with zero attached hydrogens (tertiary/aromatic N) is 1. The highest BCUT2D eigenvalue weighted by atomic mass is 35.5. The third kappa shape index (κ3) is 3.13. The van der Waals surface area contributed by atoms with E-state index in [4.69, 9.17) is 16.7 Å². The maximum absolute atomic E-state index is 13.6. The number of allylic oxidation sites excluding steroid dienone is 1. The summed E-state index contributed by atoms with van der Waals surface area (Å²) in [5, 5.41) is 9.03. The van der Waals surface area contributed by atoms with Crippen LogP contribution in [-0.4, -0.2) is 28.5 Å². The van der Waals surface area contributed by atoms with Crippen LogP contribution in [0.3, 0.4) is 0 Å². The van der Waals surface area contributed by atoms with Crippen molar-refractivity contribution >= 4 is 46.5 Å². The number of carboxylic acid groups (broad SMARTS) is 1. The maximum Gasteiger partial charge on any atom is 0.335 e. The zero-order valence-corrected chi connectivity index (χ0v) is 14.4. The first-order chi connectivity index (χ1) is 11.8. The van der Waals surface area contributed by atoms with Gasteiger partial charge in [-0.05, 0) is 35.9 Å². The molecule has 2 aromatic carbocycles. The number of halogens is 2. The minimum Gasteiger partial charge on any atom is -0.588 e. The fraction of sp³-hybridized carbons (Fsp3) is 0.0588. The van der Waals surface area contributed by atoms with E-state index in [1.807, 2.05) is 0 Å². The molecule has 0 bridgehead atoms. The van der Waals surface area contributed by atoms with Crippen molar-refractivity contribution in [2.45, 2.75) is 0 Å². The average molecular weight is 380 g/mol. The van der Waals surface area contributed by atoms with E-state index in [-0.39, 0.29) is 21.1 Å². The van der Waals surface area contributed by atoms with Crippen molar-refractivity contribution in [3.63, 3.8) is 0 Å². The van der Waals surface area contributed by atoms with E-state index in [0.717, 1.165) is 6.07 Å². The second kappa shape index (κ2) is 6.51. The summed E-state index contributed by atoms with van der Waals surface area (Å²) in [4.78, 5) is 23.8. The first-order valence-electron chi connectivity index (χ1n) is 7.04. The molecule has 1 aliphatic heterocycles. The van der Waals surface area contributed by atoms with Crippen molar-refractivity contribution in [2.24, 2.45) is 0 Å². The molecular weight excluding hydrogens is 369 g/mol. The van der Waals surface area contributed by atoms with Gasteiger partial charge in [-0.2, -0.15) is 4.31 Å². The quantitative estimate of drug-likeness (QED) is 0.638. The topological polar surface area (TPSA) is 80.7 Å². The molecule has 0 aliphatic carbocycles. The number of carboxylic acids is 1. The summed E-state index contributed by atoms with van der Waals surface area (Å²) in [5.41, 5.74) is 0.769. The fourth-order valence-electron chi connectivity index (χ4n) is 2.44. The molecule has 3 rings (SSSR count). The molecule has 0 radical (unpaired) electrons. The van der Waals surface area contributed by atoms with Gasteiger partial charge in [0.15, 0.2) is 0 Å². The molecule has 1 atom stereocenters. The normalized spacial score (nSPS) is 18.4. The molecule has 0 aromatic heterocycles. The lowest BCUT2D eigenvalue weighted by Gasteiger charge is -2.29. The molecule has 1 heterocycles. The Morgan fingerprint density at radius 2 is 2.04 bits per heavy atom. The molecule has 0 saturated carbocycles. The lowest BCUT2D eigenvalue weighted by Crippen LogP contribution is -2.36. The Morgan fingerprint density at radius 3 is 2.68 bits per heavy atom. The summed E-state index contributed by atoms with van der Waals surface area (Å²) in [6.45, 7) is 0. The number of hydrogen-bond donors (Lipinski definition) is 1. The standard InChI is InChI=1S/C17H11ClFNO4S/c1-20-14-5-3-10(17(22)23)8-11(14)16(21)15(25(20)24)7-9-2-4-12(18)13(19)6-9/h2-8H,1H3,(H,22,23)/b15-7-. The highest BCUT2D eigenvalue weighted by Crippen LogP contribution is 2.35. The number of ketones is 1. The van der Waals surface area contributed by atoms with E-state index in [1.165, 1.54) is 47.8 Å². The number of carbonyl (C=O) groups excluding carboxylic acids is 1. The van der Waals surface area contributed by atoms with E-state index in [2.05, 4.69) is 0 Å². The van der Waals surface area contributed by atoms with Gasteiger partial charge in [-0.1, -0.05) is 17.7 Å². The number of Topliss-reactive ketones (excluding diaryl/α,β-unsaturated/α-hetero) is 1. The molecular formula is C17H11ClFNO4S. The van der Waals surface area contributed by atoms with E-state index in [0.29, 0.717) is 11.3 Å². The molecule has 2 aromatic rings. The zero-order chi connectivity index (χ0) is 18.3. The predicted octanol–water partition coefficient (Wildman–Crippen LogP) is 3.51. The Morgan fingerprint density at radius 1 is 1.32 bits per heavy atom. The van der Waals surface area contributed by atoms with Gasteiger partial charge in [-0.3, -0.25) is 4.79 Å². The van der Waals surface area contributed by atoms with Crippen LogP contribution in [0.1, 0.15) is 26.3 Å². The smallest absolute Gasteiger partial charge is 0.335 e. The van der Waals surface area contributed by atoms with Crippen LogP contribution in [0, 0.1) is 5.82 Å². The summed E-state index contributed by atoms with van der Waals surface area (Å²) in [5.74, 6) is -2.40. The van der Waals surface area contributed by atoms with Crippen LogP contribution in [0.25, 0.3) is 6.08 Å². The highest BCUT2D eigenvalue weighted by Gasteiger charge is 2.38. The summed E-state index contributed by atoms with van der Waals surface area (Å²) in [7, 11) is 1.53. The lowest BCUT2D eigenvalue weighted by molar-refractivity contribution is 0.0697. The zero-order valence-electron chi connectivity index (χ0n) is 12.8. The van der Waals surface area contributed by atoms with Crippen molar-refractivity contribution < 1.29 is 23.6 Å². The number of hydrogen-bond acceptors (Lipinski definition) is 4. The van der Waals surface area contributed by atoms with Crippen LogP contribution < -0.4 is 4.31 Å². The van der Waals surface area contributed by atoms with Crippen LogP contribution in [0.4, 0.5) is 10.1 Å². The van der Waals surface area contributed by atoms with Gasteiger partial charge in [-0.25, -0.2) is 9.18 Å². The number of carbonyl (C=O) groups is 2. The molecule has 1 unspecified atom stereocenters. The Balaban J connectivity index is 2.11. The van der Waals surface area contributed by atoms with Crippen molar-refractivity contribution in [3.8, 4) is 0 Å². The van der Waals surface area contributed by atoms with Crippen molar-refractivity contribution in [1.82, 2.24) is 0 Å². The molecule has 0 amide bonds. The third-order valence-corrected chi connectivity index (χ3v) is 5.41. The summed E-state index contributed by atoms with van der Waals surface area (Å²) < 4.78 is 27.5. The van der Waals surface area contributed by atoms with Gasteiger partial charge in [0, 0.05) is 6.08 Å². The Kier molecular flexibility index (Phi) is 4.55. The molecule has 0 saturated heterocycles. The van der Waals surface area contributed by atoms with E-state index < -0.39 is 28.9 Å². The summed E-state index contributed by atoms with van der Waals surface area (Å²) in [6, 6.07) is 7.97. The lowest BCUT2D eigenvalue weighted by atomic mass is 10.0. The molecule has 1 aliphatic rings. The highest BCUT2D eigenvalue weighted by molar-refractivity contribution is 7.97. The number of anilines is 1. The largest absolute Gasteiger partial charge is 0.588 e. The molecule has 25 heavy (non-hydrogen) atoms. The van der Waals surface area contributed by atoms with Gasteiger partial charge in [-0.15, -0.1) is 0 Å². The number of aromatic carboxylic acids is 1. The second-order valence-electron chi connectivity index (χ2n) is 5.29. The van der Waals surface area contributed by atoms with Crippen molar-refractivity contribution in [1.29, 1.82) is 0 Å². The number of rotatable bonds is 2. The third-order valence-electron chi connectivity index (χ3n) is 3.73. The van der Waals surface area contributed by atoms with E-state index in [1.54, 1.807) is 0 Å². The Labute approximate surface area is 150 Å². The molecule has 1 N–H and O–H groups in total. The molecule has 8 heteroatoms. The van der Waals surface area contributed by atoms with E-state index in [9.17, 15) is 18.5 Å². The van der Waals surface area contributed by atoms with Crippen LogP contribution in [0.15, 0.2) is 41.3 Å². The molecule has 0 spiro atoms. The van der Waals surface area contributed by atoms with Crippen LogP contribution in [0.2, 0.25) is 5.02 Å². The predicted molar refractivity (Wildman–Crippen MR) is 93.7 cm³/mol. The van der Waals surface area contributed by atoms with E-state index >= 15 is 0 Å². The van der Waals surface area contributed by atoms with Gasteiger partial charge < -0.3 is 9.66 Å². The summed E-state index contributed by atoms with van der Waals surface area (Å²) in [6.07, 6.45) is 1.31. The van der Waals surface area contributed by atoms with Crippen molar-refractivity contribution in [2.75, 3.05) is 11.4 Å². The van der Waals surface area contributed by atoms with Gasteiger partial charge in [0.25, 0.3) is 0 Å². The number of benzene rings is 2. The minimum atomic E-state index is -1.80. The second-order valence-corrected chi connectivity index (χ2v) is 7.19. The Hall–Kier alpha value is -2.35. The van der Waals surface area contributed by atoms with Crippen LogP contribution in [0.5, 0.6) is 0 Å². The number of fused-ring (bicyclic) bond motifs is 1. The molecule has 0 fully saturated rings. The van der Waals surface area contributed by atoms with Gasteiger partial charge in [0.2, 0.25) is 10.7 Å². The van der Waals surface area contributed by atoms with Crippen LogP contribution >= 0.6 is 11.6 Å². The SMILES string of the molecule is CN1c2ccc(C(=O)O)cc2C(=O)/C(=C/c2ccc(Cl)c(F)c2)[S+]1[O-]. The minimum absolute atomic E-state index is 0.0509. The van der Waals surface area contributed by atoms with Gasteiger partial charge in [0.05, 0.1) is 28.9 Å². The molecule has 128 valence electrons. The molecule has 5 nitrogen and oxygen atoms in total. The maximum atomic E-state index is 13.6. The van der Waals surface area contributed by atoms with Gasteiger partial charge >= 0.3 is 5.97 Å². The first-order valence-corrected chi connectivity index (χ1v) is 8.52.